The van der Waals surface area contributed by atoms with Crippen molar-refractivity contribution < 1.29 is 19.4 Å². The van der Waals surface area contributed by atoms with Crippen LogP contribution in [0.1, 0.15) is 113 Å². The van der Waals surface area contributed by atoms with E-state index in [-0.39, 0.29) is 39.7 Å². The van der Waals surface area contributed by atoms with Crippen LogP contribution in [0, 0.1) is 56.7 Å². The van der Waals surface area contributed by atoms with Crippen molar-refractivity contribution in [1.82, 2.24) is 0 Å². The van der Waals surface area contributed by atoms with Gasteiger partial charge < -0.3 is 9.84 Å². The van der Waals surface area contributed by atoms with Crippen molar-refractivity contribution in [3.8, 4) is 0 Å². The zero-order chi connectivity index (χ0) is 26.5. The van der Waals surface area contributed by atoms with Crippen molar-refractivity contribution >= 4 is 11.9 Å². The van der Waals surface area contributed by atoms with Crippen molar-refractivity contribution in [2.75, 3.05) is 0 Å². The van der Waals surface area contributed by atoms with Crippen LogP contribution < -0.4 is 0 Å². The zero-order valence-electron chi connectivity index (χ0n) is 24.1. The Hall–Kier alpha value is -1.32. The largest absolute Gasteiger partial charge is 0.481 e. The Balaban J connectivity index is 1.56. The van der Waals surface area contributed by atoms with Gasteiger partial charge >= 0.3 is 11.9 Å². The first kappa shape index (κ1) is 26.3. The second-order valence-corrected chi connectivity index (χ2v) is 15.1. The van der Waals surface area contributed by atoms with Crippen LogP contribution in [0.15, 0.2) is 11.6 Å². The maximum Gasteiger partial charge on any atom is 0.310 e. The molecule has 5 aliphatic carbocycles. The minimum Gasteiger partial charge on any atom is -0.481 e. The molecule has 0 aromatic rings. The van der Waals surface area contributed by atoms with Crippen molar-refractivity contribution in [3.05, 3.63) is 11.6 Å². The first-order valence-corrected chi connectivity index (χ1v) is 14.8. The van der Waals surface area contributed by atoms with E-state index in [9.17, 15) is 14.7 Å². The van der Waals surface area contributed by atoms with Gasteiger partial charge in [0, 0.05) is 12.3 Å². The molecule has 10 atom stereocenters. The van der Waals surface area contributed by atoms with Crippen molar-refractivity contribution in [2.45, 2.75) is 119 Å². The number of hydrogen-bond acceptors (Lipinski definition) is 3. The Morgan fingerprint density at radius 2 is 1.61 bits per heavy atom. The van der Waals surface area contributed by atoms with E-state index in [1.807, 2.05) is 0 Å². The fraction of sp³-hybridized carbons (Fsp3) is 0.875. The number of ether oxygens (including phenoxy) is 1. The highest BCUT2D eigenvalue weighted by Gasteiger charge is 2.69. The molecule has 202 valence electrons. The van der Waals surface area contributed by atoms with E-state index in [0.717, 1.165) is 51.4 Å². The molecule has 0 heterocycles. The Kier molecular flexibility index (Phi) is 5.91. The molecule has 0 saturated heterocycles. The van der Waals surface area contributed by atoms with Gasteiger partial charge in [-0.15, -0.1) is 0 Å². The van der Waals surface area contributed by atoms with Crippen LogP contribution >= 0.6 is 0 Å². The standard InChI is InChI=1S/C32H50O4/c1-19-11-16-32(27(34)35)18-17-30(7)22(26(32)20(19)2)9-10-24-29(6)14-13-25(36-21(3)33)28(4,5)23(29)12-15-31(24,30)8/h9,19-20,23-26H,10-18H2,1-8H3,(H,34,35)/t19-,20+,23?,24?,25+,26?,29+,30-,31-,32+/m1/s1. The summed E-state index contributed by atoms with van der Waals surface area (Å²) in [5.74, 6) is 1.53. The first-order valence-electron chi connectivity index (χ1n) is 14.8. The van der Waals surface area contributed by atoms with Crippen LogP contribution in [0.25, 0.3) is 0 Å². The van der Waals surface area contributed by atoms with Crippen molar-refractivity contribution in [2.24, 2.45) is 56.7 Å². The van der Waals surface area contributed by atoms with Gasteiger partial charge in [-0.05, 0) is 104 Å². The number of carboxylic acid groups (broad SMARTS) is 1. The normalized spacial score (nSPS) is 51.5. The van der Waals surface area contributed by atoms with E-state index in [2.05, 4.69) is 54.5 Å². The average molecular weight is 499 g/mol. The SMILES string of the molecule is CC(=O)O[C@H]1CC[C@@]2(C)C(CC[C@]3(C)C2CC=C2C4[C@@H](C)[C@H](C)CC[C@]4(C(=O)O)CC[C@]23C)C1(C)C. The van der Waals surface area contributed by atoms with Crippen LogP contribution in [0.4, 0.5) is 0 Å². The topological polar surface area (TPSA) is 63.6 Å². The predicted octanol–water partition coefficient (Wildman–Crippen LogP) is 7.66. The number of esters is 1. The van der Waals surface area contributed by atoms with Crippen molar-refractivity contribution in [1.29, 1.82) is 0 Å². The van der Waals surface area contributed by atoms with Gasteiger partial charge in [0.05, 0.1) is 5.41 Å². The maximum absolute atomic E-state index is 12.9. The quantitative estimate of drug-likeness (QED) is 0.313. The molecule has 4 fully saturated rings. The number of rotatable bonds is 2. The molecule has 5 aliphatic rings. The lowest BCUT2D eigenvalue weighted by Crippen LogP contribution is -2.65. The number of fused-ring (bicyclic) bond motifs is 7. The molecule has 4 saturated carbocycles. The Labute approximate surface area is 219 Å². The molecule has 0 aromatic carbocycles. The van der Waals surface area contributed by atoms with Gasteiger partial charge in [-0.1, -0.05) is 60.1 Å². The molecule has 4 heteroatoms. The second kappa shape index (κ2) is 8.09. The molecule has 3 unspecified atom stereocenters. The number of carbonyl (C=O) groups excluding carboxylic acids is 1. The van der Waals surface area contributed by atoms with E-state index in [1.165, 1.54) is 12.0 Å². The van der Waals surface area contributed by atoms with E-state index >= 15 is 0 Å². The Bertz CT molecular complexity index is 981. The number of carboxylic acids is 1. The van der Waals surface area contributed by atoms with Gasteiger partial charge in [0.1, 0.15) is 6.10 Å². The lowest BCUT2D eigenvalue weighted by molar-refractivity contribution is -0.214. The fourth-order valence-corrected chi connectivity index (χ4v) is 11.2. The lowest BCUT2D eigenvalue weighted by atomic mass is 9.33. The highest BCUT2D eigenvalue weighted by Crippen LogP contribution is 2.75. The number of hydrogen-bond donors (Lipinski definition) is 1. The zero-order valence-corrected chi connectivity index (χ0v) is 24.1. The number of carbonyl (C=O) groups is 2. The summed E-state index contributed by atoms with van der Waals surface area (Å²) in [5, 5.41) is 10.6. The van der Waals surface area contributed by atoms with Crippen LogP contribution in [-0.2, 0) is 14.3 Å². The van der Waals surface area contributed by atoms with E-state index in [0.29, 0.717) is 23.7 Å². The number of allylic oxidation sites excluding steroid dienone is 2. The minimum atomic E-state index is -0.578. The van der Waals surface area contributed by atoms with Crippen LogP contribution in [-0.4, -0.2) is 23.1 Å². The lowest BCUT2D eigenvalue weighted by Gasteiger charge is -2.71. The fourth-order valence-electron chi connectivity index (χ4n) is 11.2. The predicted molar refractivity (Wildman–Crippen MR) is 142 cm³/mol. The highest BCUT2D eigenvalue weighted by atomic mass is 16.5. The Morgan fingerprint density at radius 1 is 0.917 bits per heavy atom. The van der Waals surface area contributed by atoms with Gasteiger partial charge in [-0.2, -0.15) is 0 Å². The maximum atomic E-state index is 12.9. The Morgan fingerprint density at radius 3 is 2.25 bits per heavy atom. The van der Waals surface area contributed by atoms with Crippen LogP contribution in [0.3, 0.4) is 0 Å². The van der Waals surface area contributed by atoms with Crippen LogP contribution in [0.2, 0.25) is 0 Å². The summed E-state index contributed by atoms with van der Waals surface area (Å²) in [6.45, 7) is 18.5. The molecule has 0 bridgehead atoms. The van der Waals surface area contributed by atoms with Gasteiger partial charge in [0.15, 0.2) is 0 Å². The smallest absolute Gasteiger partial charge is 0.310 e. The third-order valence-electron chi connectivity index (χ3n) is 13.7. The van der Waals surface area contributed by atoms with Gasteiger partial charge in [-0.25, -0.2) is 0 Å². The molecular formula is C32H50O4. The molecular weight excluding hydrogens is 448 g/mol. The molecule has 1 N–H and O–H groups in total. The second-order valence-electron chi connectivity index (χ2n) is 15.1. The van der Waals surface area contributed by atoms with E-state index in [4.69, 9.17) is 4.74 Å². The average Bonchev–Trinajstić information content (AvgIpc) is 2.78. The monoisotopic (exact) mass is 498 g/mol. The summed E-state index contributed by atoms with van der Waals surface area (Å²) in [5.41, 5.74) is 1.30. The first-order chi connectivity index (χ1) is 16.6. The molecule has 4 nitrogen and oxygen atoms in total. The van der Waals surface area contributed by atoms with Gasteiger partial charge in [0.2, 0.25) is 0 Å². The molecule has 5 rings (SSSR count). The van der Waals surface area contributed by atoms with Crippen molar-refractivity contribution in [3.63, 3.8) is 0 Å². The van der Waals surface area contributed by atoms with Gasteiger partial charge in [0.25, 0.3) is 0 Å². The molecule has 0 amide bonds. The summed E-state index contributed by atoms with van der Waals surface area (Å²) >= 11 is 0. The van der Waals surface area contributed by atoms with E-state index < -0.39 is 11.4 Å². The molecule has 36 heavy (non-hydrogen) atoms. The third kappa shape index (κ3) is 3.17. The highest BCUT2D eigenvalue weighted by molar-refractivity contribution is 5.76. The molecule has 0 radical (unpaired) electrons. The number of aliphatic carboxylic acids is 1. The molecule has 0 aromatic heterocycles. The summed E-state index contributed by atoms with van der Waals surface area (Å²) < 4.78 is 5.88. The minimum absolute atomic E-state index is 0.00171. The summed E-state index contributed by atoms with van der Waals surface area (Å²) in [6, 6.07) is 0. The third-order valence-corrected chi connectivity index (χ3v) is 13.7. The van der Waals surface area contributed by atoms with Crippen LogP contribution in [0.5, 0.6) is 0 Å². The summed E-state index contributed by atoms with van der Waals surface area (Å²) in [7, 11) is 0. The summed E-state index contributed by atoms with van der Waals surface area (Å²) in [4.78, 5) is 24.7. The van der Waals surface area contributed by atoms with E-state index in [1.54, 1.807) is 6.92 Å². The van der Waals surface area contributed by atoms with Gasteiger partial charge in [-0.3, -0.25) is 9.59 Å². The molecule has 0 aliphatic heterocycles. The molecule has 0 spiro atoms. The summed E-state index contributed by atoms with van der Waals surface area (Å²) in [6.07, 6.45) is 11.7.